The van der Waals surface area contributed by atoms with Crippen molar-refractivity contribution in [2.45, 2.75) is 0 Å². The minimum absolute atomic E-state index is 0.186. The van der Waals surface area contributed by atoms with E-state index in [2.05, 4.69) is 15.4 Å². The molecule has 0 spiro atoms. The lowest BCUT2D eigenvalue weighted by molar-refractivity contribution is 0.101. The van der Waals surface area contributed by atoms with Crippen LogP contribution in [0.15, 0.2) is 47.5 Å². The van der Waals surface area contributed by atoms with E-state index in [-0.39, 0.29) is 5.69 Å². The lowest BCUT2D eigenvalue weighted by Gasteiger charge is -2.08. The average Bonchev–Trinajstić information content (AvgIpc) is 2.51. The second kappa shape index (κ2) is 5.57. The predicted molar refractivity (Wildman–Crippen MR) is 84.2 cm³/mol. The summed E-state index contributed by atoms with van der Waals surface area (Å²) in [5, 5.41) is 7.46. The van der Waals surface area contributed by atoms with E-state index < -0.39 is 11.3 Å². The van der Waals surface area contributed by atoms with Gasteiger partial charge in [0.2, 0.25) is 5.43 Å². The maximum Gasteiger partial charge on any atom is 0.280 e. The maximum absolute atomic E-state index is 12.5. The van der Waals surface area contributed by atoms with Crippen LogP contribution in [0.25, 0.3) is 10.9 Å². The molecule has 0 aliphatic carbocycles. The third kappa shape index (κ3) is 2.56. The van der Waals surface area contributed by atoms with Gasteiger partial charge < -0.3 is 5.32 Å². The molecule has 1 aromatic carbocycles. The summed E-state index contributed by atoms with van der Waals surface area (Å²) >= 11 is 5.93. The average molecular weight is 315 g/mol. The number of pyridine rings is 1. The van der Waals surface area contributed by atoms with Crippen molar-refractivity contribution in [2.75, 3.05) is 5.32 Å². The molecule has 0 aliphatic heterocycles. The number of anilines is 1. The van der Waals surface area contributed by atoms with E-state index in [1.165, 1.54) is 10.7 Å². The first kappa shape index (κ1) is 14.2. The molecule has 2 heterocycles. The fraction of sp³-hybridized carbons (Fsp3) is 0.0667. The fourth-order valence-electron chi connectivity index (χ4n) is 2.12. The first-order valence-electron chi connectivity index (χ1n) is 6.44. The summed E-state index contributed by atoms with van der Waals surface area (Å²) in [6.45, 7) is 0. The zero-order valence-corrected chi connectivity index (χ0v) is 12.3. The zero-order valence-electron chi connectivity index (χ0n) is 11.6. The monoisotopic (exact) mass is 314 g/mol. The van der Waals surface area contributed by atoms with Crippen LogP contribution in [0.2, 0.25) is 5.02 Å². The van der Waals surface area contributed by atoms with Gasteiger partial charge >= 0.3 is 0 Å². The van der Waals surface area contributed by atoms with Crippen LogP contribution in [0.3, 0.4) is 0 Å². The number of halogens is 1. The highest BCUT2D eigenvalue weighted by molar-refractivity contribution is 6.31. The number of hydrogen-bond donors (Lipinski definition) is 1. The molecule has 2 aromatic heterocycles. The van der Waals surface area contributed by atoms with Crippen molar-refractivity contribution in [2.24, 2.45) is 7.05 Å². The number of carbonyl (C=O) groups excluding carboxylic acids is 1. The molecule has 0 radical (unpaired) electrons. The number of amides is 1. The van der Waals surface area contributed by atoms with Crippen LogP contribution in [-0.2, 0) is 7.05 Å². The highest BCUT2D eigenvalue weighted by Gasteiger charge is 2.17. The van der Waals surface area contributed by atoms with Crippen LogP contribution >= 0.6 is 11.6 Å². The molecule has 1 N–H and O–H groups in total. The summed E-state index contributed by atoms with van der Waals surface area (Å²) in [5.74, 6) is -0.575. The van der Waals surface area contributed by atoms with E-state index in [4.69, 9.17) is 11.6 Å². The Morgan fingerprint density at radius 2 is 1.95 bits per heavy atom. The molecule has 0 atom stereocenters. The number of rotatable bonds is 2. The highest BCUT2D eigenvalue weighted by atomic mass is 35.5. The van der Waals surface area contributed by atoms with Crippen LogP contribution in [0.5, 0.6) is 0 Å². The van der Waals surface area contributed by atoms with Crippen molar-refractivity contribution in [1.82, 2.24) is 14.8 Å². The van der Waals surface area contributed by atoms with E-state index >= 15 is 0 Å². The van der Waals surface area contributed by atoms with Crippen molar-refractivity contribution >= 4 is 34.1 Å². The first-order chi connectivity index (χ1) is 10.6. The molecule has 110 valence electrons. The van der Waals surface area contributed by atoms with E-state index in [1.54, 1.807) is 43.7 Å². The molecular weight excluding hydrogens is 304 g/mol. The summed E-state index contributed by atoms with van der Waals surface area (Å²) in [6, 6.07) is 8.14. The topological polar surface area (TPSA) is 76.9 Å². The van der Waals surface area contributed by atoms with Gasteiger partial charge in [0, 0.05) is 30.2 Å². The van der Waals surface area contributed by atoms with Gasteiger partial charge in [0.1, 0.15) is 0 Å². The number of fused-ring (bicyclic) bond motifs is 1. The van der Waals surface area contributed by atoms with Crippen LogP contribution < -0.4 is 10.7 Å². The van der Waals surface area contributed by atoms with Crippen molar-refractivity contribution < 1.29 is 4.79 Å². The van der Waals surface area contributed by atoms with Crippen molar-refractivity contribution in [1.29, 1.82) is 0 Å². The van der Waals surface area contributed by atoms with Crippen LogP contribution in [0.4, 0.5) is 5.69 Å². The molecule has 22 heavy (non-hydrogen) atoms. The van der Waals surface area contributed by atoms with E-state index in [9.17, 15) is 9.59 Å². The Labute approximate surface area is 130 Å². The SMILES string of the molecule is Cn1nc(C(=O)Nc2ccncc2)c(=O)c2cc(Cl)ccc21. The summed E-state index contributed by atoms with van der Waals surface area (Å²) in [6.07, 6.45) is 3.09. The summed E-state index contributed by atoms with van der Waals surface area (Å²) in [7, 11) is 1.67. The molecule has 3 aromatic rings. The van der Waals surface area contributed by atoms with Gasteiger partial charge in [-0.05, 0) is 30.3 Å². The van der Waals surface area contributed by atoms with Gasteiger partial charge in [-0.3, -0.25) is 19.3 Å². The number of aryl methyl sites for hydroxylation is 1. The number of hydrogen-bond acceptors (Lipinski definition) is 4. The molecule has 0 saturated heterocycles. The molecule has 6 nitrogen and oxygen atoms in total. The summed E-state index contributed by atoms with van der Waals surface area (Å²) < 4.78 is 1.48. The van der Waals surface area contributed by atoms with E-state index in [0.717, 1.165) is 0 Å². The quantitative estimate of drug-likeness (QED) is 0.787. The standard InChI is InChI=1S/C15H11ClN4O2/c1-20-12-3-2-9(16)8-11(12)14(21)13(19-20)15(22)18-10-4-6-17-7-5-10/h2-8H,1H3,(H,17,18,22). The lowest BCUT2D eigenvalue weighted by Crippen LogP contribution is -2.26. The van der Waals surface area contributed by atoms with Crippen molar-refractivity contribution in [3.8, 4) is 0 Å². The Kier molecular flexibility index (Phi) is 3.60. The molecule has 0 saturated carbocycles. The van der Waals surface area contributed by atoms with E-state index in [1.807, 2.05) is 0 Å². The van der Waals surface area contributed by atoms with Gasteiger partial charge in [-0.1, -0.05) is 11.6 Å². The molecule has 0 fully saturated rings. The fourth-order valence-corrected chi connectivity index (χ4v) is 2.30. The van der Waals surface area contributed by atoms with Crippen LogP contribution in [0, 0.1) is 0 Å². The zero-order chi connectivity index (χ0) is 15.7. The predicted octanol–water partition coefficient (Wildman–Crippen LogP) is 2.23. The Balaban J connectivity index is 2.09. The van der Waals surface area contributed by atoms with Crippen LogP contribution in [0.1, 0.15) is 10.5 Å². The maximum atomic E-state index is 12.5. The van der Waals surface area contributed by atoms with Crippen molar-refractivity contribution in [3.05, 3.63) is 63.7 Å². The minimum atomic E-state index is -0.575. The second-order valence-electron chi connectivity index (χ2n) is 4.65. The van der Waals surface area contributed by atoms with Crippen LogP contribution in [-0.4, -0.2) is 20.7 Å². The number of nitrogens with zero attached hydrogens (tertiary/aromatic N) is 3. The second-order valence-corrected chi connectivity index (χ2v) is 5.09. The van der Waals surface area contributed by atoms with Gasteiger partial charge in [0.05, 0.1) is 10.9 Å². The van der Waals surface area contributed by atoms with Gasteiger partial charge in [-0.15, -0.1) is 0 Å². The number of aromatic nitrogens is 3. The molecule has 3 rings (SSSR count). The normalized spacial score (nSPS) is 10.6. The third-order valence-electron chi connectivity index (χ3n) is 3.17. The lowest BCUT2D eigenvalue weighted by atomic mass is 10.2. The van der Waals surface area contributed by atoms with Gasteiger partial charge in [-0.2, -0.15) is 5.10 Å². The largest absolute Gasteiger partial charge is 0.320 e. The Bertz CT molecular complexity index is 922. The number of carbonyl (C=O) groups is 1. The molecule has 0 aliphatic rings. The molecule has 1 amide bonds. The third-order valence-corrected chi connectivity index (χ3v) is 3.41. The highest BCUT2D eigenvalue weighted by Crippen LogP contribution is 2.16. The first-order valence-corrected chi connectivity index (χ1v) is 6.82. The Morgan fingerprint density at radius 1 is 1.23 bits per heavy atom. The Hall–Kier alpha value is -2.73. The number of benzene rings is 1. The van der Waals surface area contributed by atoms with Gasteiger partial charge in [0.25, 0.3) is 5.91 Å². The minimum Gasteiger partial charge on any atom is -0.320 e. The molecule has 0 bridgehead atoms. The summed E-state index contributed by atoms with van der Waals surface area (Å²) in [4.78, 5) is 28.6. The van der Waals surface area contributed by atoms with Gasteiger partial charge in [-0.25, -0.2) is 0 Å². The van der Waals surface area contributed by atoms with E-state index in [0.29, 0.717) is 21.6 Å². The van der Waals surface area contributed by atoms with Crippen molar-refractivity contribution in [3.63, 3.8) is 0 Å². The molecule has 7 heteroatoms. The number of nitrogens with one attached hydrogen (secondary N) is 1. The smallest absolute Gasteiger partial charge is 0.280 e. The molecule has 0 unspecified atom stereocenters. The van der Waals surface area contributed by atoms with Gasteiger partial charge in [0.15, 0.2) is 5.69 Å². The molecular formula is C15H11ClN4O2. The Morgan fingerprint density at radius 3 is 2.68 bits per heavy atom. The summed E-state index contributed by atoms with van der Waals surface area (Å²) in [5.41, 5.74) is 0.501.